The zero-order valence-corrected chi connectivity index (χ0v) is 18.9. The molecule has 0 radical (unpaired) electrons. The van der Waals surface area contributed by atoms with Crippen molar-refractivity contribution in [2.45, 2.75) is 38.3 Å². The van der Waals surface area contributed by atoms with Gasteiger partial charge in [0.1, 0.15) is 11.3 Å². The highest BCUT2D eigenvalue weighted by Crippen LogP contribution is 2.48. The number of anilines is 2. The highest BCUT2D eigenvalue weighted by molar-refractivity contribution is 9.10. The maximum absolute atomic E-state index is 13.4. The van der Waals surface area contributed by atoms with Crippen LogP contribution in [0.25, 0.3) is 0 Å². The number of nitrogens with one attached hydrogen (secondary N) is 3. The Morgan fingerprint density at radius 1 is 1.27 bits per heavy atom. The van der Waals surface area contributed by atoms with Gasteiger partial charge < -0.3 is 15.4 Å². The first kappa shape index (κ1) is 20.9. The van der Waals surface area contributed by atoms with Gasteiger partial charge in [-0.15, -0.1) is 0 Å². The molecule has 0 bridgehead atoms. The lowest BCUT2D eigenvalue weighted by molar-refractivity contribution is -0.130. The number of hydrogen-bond donors (Lipinski definition) is 3. The van der Waals surface area contributed by atoms with E-state index in [-0.39, 0.29) is 17.9 Å². The molecular weight excluding hydrogens is 446 g/mol. The van der Waals surface area contributed by atoms with Crippen LogP contribution in [0.5, 0.6) is 5.75 Å². The van der Waals surface area contributed by atoms with E-state index >= 15 is 0 Å². The lowest BCUT2D eigenvalue weighted by atomic mass is 9.79. The molecule has 3 atom stereocenters. The summed E-state index contributed by atoms with van der Waals surface area (Å²) in [6.45, 7) is 4.30. The number of carbonyl (C=O) groups is 2. The zero-order valence-electron chi connectivity index (χ0n) is 17.3. The Balaban J connectivity index is 1.69. The molecule has 2 aliphatic rings. The van der Waals surface area contributed by atoms with Gasteiger partial charge in [-0.05, 0) is 61.2 Å². The van der Waals surface area contributed by atoms with Crippen LogP contribution >= 0.6 is 15.9 Å². The summed E-state index contributed by atoms with van der Waals surface area (Å²) in [4.78, 5) is 26.7. The van der Waals surface area contributed by atoms with Crippen LogP contribution in [0, 0.1) is 11.8 Å². The molecule has 0 aliphatic carbocycles. The smallest absolute Gasteiger partial charge is 0.250 e. The van der Waals surface area contributed by atoms with Crippen molar-refractivity contribution in [3.63, 3.8) is 0 Å². The maximum atomic E-state index is 13.4. The first-order valence-electron chi connectivity index (χ1n) is 10.2. The molecule has 7 heteroatoms. The minimum absolute atomic E-state index is 0.0762. The van der Waals surface area contributed by atoms with Crippen molar-refractivity contribution in [1.29, 1.82) is 0 Å². The summed E-state index contributed by atoms with van der Waals surface area (Å²) in [7, 11) is 1.60. The Morgan fingerprint density at radius 2 is 2.00 bits per heavy atom. The summed E-state index contributed by atoms with van der Waals surface area (Å²) >= 11 is 3.52. The molecule has 3 N–H and O–H groups in total. The standard InChI is InChI=1S/C23H26BrN3O3/c1-13(2)10-16-12-19(21(28)25-15-5-7-17(30-3)8-6-15)23(27-16)18-11-14(24)4-9-20(18)26-22(23)29/h4-9,11,13,16,19,27H,10,12H2,1-3H3,(H,25,28)(H,26,29). The van der Waals surface area contributed by atoms with Crippen LogP contribution in [0.2, 0.25) is 0 Å². The summed E-state index contributed by atoms with van der Waals surface area (Å²) < 4.78 is 6.06. The van der Waals surface area contributed by atoms with Crippen molar-refractivity contribution in [2.75, 3.05) is 17.7 Å². The molecule has 0 aromatic heterocycles. The molecule has 4 rings (SSSR count). The van der Waals surface area contributed by atoms with E-state index in [0.717, 1.165) is 27.9 Å². The Morgan fingerprint density at radius 3 is 2.67 bits per heavy atom. The van der Waals surface area contributed by atoms with Crippen LogP contribution in [-0.2, 0) is 15.1 Å². The number of amides is 2. The second-order valence-corrected chi connectivity index (χ2v) is 9.34. The van der Waals surface area contributed by atoms with Crippen LogP contribution < -0.4 is 20.7 Å². The normalized spacial score (nSPS) is 24.8. The van der Waals surface area contributed by atoms with Crippen molar-refractivity contribution in [1.82, 2.24) is 5.32 Å². The third kappa shape index (κ3) is 3.61. The highest BCUT2D eigenvalue weighted by atomic mass is 79.9. The maximum Gasteiger partial charge on any atom is 0.250 e. The van der Waals surface area contributed by atoms with Crippen molar-refractivity contribution in [2.24, 2.45) is 11.8 Å². The average Bonchev–Trinajstić information content (AvgIpc) is 3.21. The van der Waals surface area contributed by atoms with Gasteiger partial charge in [0.15, 0.2) is 0 Å². The SMILES string of the molecule is COc1ccc(NC(=O)C2CC(CC(C)C)NC23C(=O)Nc2ccc(Br)cc23)cc1. The zero-order chi connectivity index (χ0) is 21.5. The molecule has 1 spiro atoms. The fraction of sp³-hybridized carbons (Fsp3) is 0.391. The fourth-order valence-corrected chi connectivity index (χ4v) is 5.02. The molecule has 1 saturated heterocycles. The second-order valence-electron chi connectivity index (χ2n) is 8.43. The molecule has 158 valence electrons. The van der Waals surface area contributed by atoms with Gasteiger partial charge in [0, 0.05) is 27.5 Å². The van der Waals surface area contributed by atoms with Crippen LogP contribution in [0.15, 0.2) is 46.9 Å². The van der Waals surface area contributed by atoms with E-state index in [4.69, 9.17) is 4.74 Å². The van der Waals surface area contributed by atoms with Gasteiger partial charge in [0.2, 0.25) is 11.8 Å². The van der Waals surface area contributed by atoms with Gasteiger partial charge in [0.25, 0.3) is 0 Å². The highest BCUT2D eigenvalue weighted by Gasteiger charge is 2.60. The van der Waals surface area contributed by atoms with E-state index in [1.165, 1.54) is 0 Å². The quantitative estimate of drug-likeness (QED) is 0.608. The number of ether oxygens (including phenoxy) is 1. The lowest BCUT2D eigenvalue weighted by Crippen LogP contribution is -2.52. The summed E-state index contributed by atoms with van der Waals surface area (Å²) in [6.07, 6.45) is 1.49. The van der Waals surface area contributed by atoms with Crippen molar-refractivity contribution in [3.8, 4) is 5.75 Å². The molecule has 0 saturated carbocycles. The number of rotatable bonds is 5. The minimum atomic E-state index is -1.07. The van der Waals surface area contributed by atoms with Gasteiger partial charge in [0.05, 0.1) is 13.0 Å². The molecule has 2 aromatic carbocycles. The van der Waals surface area contributed by atoms with Gasteiger partial charge in [-0.3, -0.25) is 14.9 Å². The van der Waals surface area contributed by atoms with Crippen LogP contribution in [0.3, 0.4) is 0 Å². The summed E-state index contributed by atoms with van der Waals surface area (Å²) in [5.41, 5.74) is 1.18. The summed E-state index contributed by atoms with van der Waals surface area (Å²) in [6, 6.07) is 13.0. The summed E-state index contributed by atoms with van der Waals surface area (Å²) in [5, 5.41) is 9.53. The Hall–Kier alpha value is -2.38. The van der Waals surface area contributed by atoms with Gasteiger partial charge in [-0.2, -0.15) is 0 Å². The monoisotopic (exact) mass is 471 g/mol. The van der Waals surface area contributed by atoms with E-state index in [1.807, 2.05) is 18.2 Å². The number of methoxy groups -OCH3 is 1. The second kappa shape index (κ2) is 8.04. The molecule has 6 nitrogen and oxygen atoms in total. The molecule has 3 unspecified atom stereocenters. The number of carbonyl (C=O) groups excluding carboxylic acids is 2. The third-order valence-corrected chi connectivity index (χ3v) is 6.41. The first-order chi connectivity index (χ1) is 14.3. The largest absolute Gasteiger partial charge is 0.497 e. The number of halogens is 1. The van der Waals surface area contributed by atoms with Crippen molar-refractivity contribution >= 4 is 39.1 Å². The molecule has 30 heavy (non-hydrogen) atoms. The predicted molar refractivity (Wildman–Crippen MR) is 121 cm³/mol. The third-order valence-electron chi connectivity index (χ3n) is 5.92. The topological polar surface area (TPSA) is 79.5 Å². The van der Waals surface area contributed by atoms with Crippen molar-refractivity contribution in [3.05, 3.63) is 52.5 Å². The van der Waals surface area contributed by atoms with E-state index in [0.29, 0.717) is 18.0 Å². The van der Waals surface area contributed by atoms with Crippen LogP contribution in [-0.4, -0.2) is 25.0 Å². The first-order valence-corrected chi connectivity index (χ1v) is 11.0. The van der Waals surface area contributed by atoms with E-state index in [9.17, 15) is 9.59 Å². The van der Waals surface area contributed by atoms with E-state index < -0.39 is 11.5 Å². The lowest BCUT2D eigenvalue weighted by Gasteiger charge is -2.29. The Labute approximate surface area is 184 Å². The van der Waals surface area contributed by atoms with Crippen LogP contribution in [0.1, 0.15) is 32.3 Å². The minimum Gasteiger partial charge on any atom is -0.497 e. The van der Waals surface area contributed by atoms with Gasteiger partial charge in [-0.25, -0.2) is 0 Å². The number of hydrogen-bond acceptors (Lipinski definition) is 4. The summed E-state index contributed by atoms with van der Waals surface area (Å²) in [5.74, 6) is 0.310. The van der Waals surface area contributed by atoms with Crippen molar-refractivity contribution < 1.29 is 14.3 Å². The van der Waals surface area contributed by atoms with E-state index in [1.54, 1.807) is 31.4 Å². The number of benzene rings is 2. The van der Waals surface area contributed by atoms with Gasteiger partial charge in [-0.1, -0.05) is 29.8 Å². The molecule has 2 heterocycles. The molecule has 1 fully saturated rings. The number of fused-ring (bicyclic) bond motifs is 2. The Kier molecular flexibility index (Phi) is 5.59. The Bertz CT molecular complexity index is 976. The fourth-order valence-electron chi connectivity index (χ4n) is 4.66. The predicted octanol–water partition coefficient (Wildman–Crippen LogP) is 4.27. The van der Waals surface area contributed by atoms with Gasteiger partial charge >= 0.3 is 0 Å². The molecule has 2 aromatic rings. The molecule has 2 aliphatic heterocycles. The molecular formula is C23H26BrN3O3. The average molecular weight is 472 g/mol. The van der Waals surface area contributed by atoms with E-state index in [2.05, 4.69) is 45.7 Å². The molecule has 2 amide bonds. The van der Waals surface area contributed by atoms with Crippen LogP contribution in [0.4, 0.5) is 11.4 Å².